The Morgan fingerprint density at radius 3 is 2.85 bits per heavy atom. The number of nitrogens with zero attached hydrogens (tertiary/aromatic N) is 3. The van der Waals surface area contributed by atoms with Crippen LogP contribution in [-0.4, -0.2) is 39.4 Å². The highest BCUT2D eigenvalue weighted by Crippen LogP contribution is 2.29. The molecule has 0 spiro atoms. The molecule has 0 bridgehead atoms. The molecule has 0 radical (unpaired) electrons. The smallest absolute Gasteiger partial charge is 0.197 e. The minimum atomic E-state index is -1.33. The van der Waals surface area contributed by atoms with Gasteiger partial charge in [-0.05, 0) is 37.5 Å². The van der Waals surface area contributed by atoms with Crippen LogP contribution < -0.4 is 9.64 Å². The lowest BCUT2D eigenvalue weighted by Gasteiger charge is -2.29. The number of fused-ring (bicyclic) bond motifs is 1. The van der Waals surface area contributed by atoms with Gasteiger partial charge >= 0.3 is 0 Å². The summed E-state index contributed by atoms with van der Waals surface area (Å²) >= 11 is 6.35. The minimum absolute atomic E-state index is 0.287. The Hall–Kier alpha value is -2.12. The summed E-state index contributed by atoms with van der Waals surface area (Å²) < 4.78 is 18.0. The third kappa shape index (κ3) is 3.94. The van der Waals surface area contributed by atoms with Crippen molar-refractivity contribution in [1.29, 1.82) is 0 Å². The van der Waals surface area contributed by atoms with Gasteiger partial charge in [0.05, 0.1) is 51.1 Å². The van der Waals surface area contributed by atoms with Crippen LogP contribution in [0.5, 0.6) is 5.75 Å². The fourth-order valence-corrected chi connectivity index (χ4v) is 4.54. The minimum Gasteiger partial charge on any atom is -0.497 e. The third-order valence-electron chi connectivity index (χ3n) is 4.75. The number of rotatable bonds is 5. The van der Waals surface area contributed by atoms with E-state index in [0.717, 1.165) is 41.3 Å². The zero-order valence-electron chi connectivity index (χ0n) is 15.1. The second kappa shape index (κ2) is 7.86. The third-order valence-corrected chi connectivity index (χ3v) is 6.22. The van der Waals surface area contributed by atoms with Crippen molar-refractivity contribution in [2.75, 3.05) is 25.1 Å². The number of hydrogen-bond acceptors (Lipinski definition) is 5. The van der Waals surface area contributed by atoms with Crippen LogP contribution >= 0.6 is 11.6 Å². The van der Waals surface area contributed by atoms with E-state index in [1.54, 1.807) is 13.3 Å². The number of aromatic nitrogens is 3. The first-order valence-corrected chi connectivity index (χ1v) is 10.7. The molecule has 2 aromatic heterocycles. The topological polar surface area (TPSA) is 71.1 Å². The number of benzene rings is 1. The molecule has 1 fully saturated rings. The Bertz CT molecular complexity index is 985. The van der Waals surface area contributed by atoms with Crippen LogP contribution in [0.25, 0.3) is 11.0 Å². The van der Waals surface area contributed by atoms with Crippen molar-refractivity contribution in [2.24, 2.45) is 0 Å². The van der Waals surface area contributed by atoms with Crippen LogP contribution in [0.15, 0.2) is 35.6 Å². The molecule has 3 heterocycles. The Morgan fingerprint density at radius 1 is 1.26 bits per heavy atom. The standard InChI is InChI=1S/C19H21ClN4O2S/c1-26-14-5-6-16-17(10-14)23-19(22-16)27(25)12-13-9-18(15(20)11-21-13)24-7-3-2-4-8-24/h5-6,9-11H,2-4,7-8,12H2,1H3,(H,22,23). The van der Waals surface area contributed by atoms with E-state index in [1.807, 2.05) is 24.3 Å². The first-order valence-electron chi connectivity index (χ1n) is 8.95. The first-order chi connectivity index (χ1) is 13.1. The maximum Gasteiger partial charge on any atom is 0.197 e. The molecule has 1 N–H and O–H groups in total. The zero-order valence-corrected chi connectivity index (χ0v) is 16.6. The summed E-state index contributed by atoms with van der Waals surface area (Å²) in [7, 11) is 0.287. The number of methoxy groups -OCH3 is 1. The normalized spacial score (nSPS) is 15.9. The fraction of sp³-hybridized carbons (Fsp3) is 0.368. The highest BCUT2D eigenvalue weighted by molar-refractivity contribution is 7.84. The number of imidazole rings is 1. The Balaban J connectivity index is 1.55. The number of aromatic amines is 1. The van der Waals surface area contributed by atoms with Gasteiger partial charge in [-0.1, -0.05) is 11.6 Å². The molecule has 4 rings (SSSR count). The van der Waals surface area contributed by atoms with Crippen molar-refractivity contribution in [3.8, 4) is 5.75 Å². The average Bonchev–Trinajstić information content (AvgIpc) is 3.13. The fourth-order valence-electron chi connectivity index (χ4n) is 3.33. The molecule has 1 atom stereocenters. The van der Waals surface area contributed by atoms with Gasteiger partial charge in [0, 0.05) is 25.4 Å². The number of halogens is 1. The second-order valence-corrected chi connectivity index (χ2v) is 8.36. The average molecular weight is 405 g/mol. The number of anilines is 1. The van der Waals surface area contributed by atoms with E-state index in [4.69, 9.17) is 16.3 Å². The quantitative estimate of drug-likeness (QED) is 0.697. The Kier molecular flexibility index (Phi) is 5.31. The van der Waals surface area contributed by atoms with Gasteiger partial charge in [0.25, 0.3) is 0 Å². The monoisotopic (exact) mass is 404 g/mol. The summed E-state index contributed by atoms with van der Waals surface area (Å²) in [5, 5.41) is 1.08. The summed E-state index contributed by atoms with van der Waals surface area (Å²) in [5.74, 6) is 1.02. The predicted octanol–water partition coefficient (Wildman–Crippen LogP) is 3.92. The maximum absolute atomic E-state index is 12.8. The summed E-state index contributed by atoms with van der Waals surface area (Å²) in [6.07, 6.45) is 5.25. The lowest BCUT2D eigenvalue weighted by atomic mass is 10.1. The number of nitrogens with one attached hydrogen (secondary N) is 1. The lowest BCUT2D eigenvalue weighted by Crippen LogP contribution is -2.29. The number of H-pyrrole nitrogens is 1. The summed E-state index contributed by atoms with van der Waals surface area (Å²) in [4.78, 5) is 14.2. The van der Waals surface area contributed by atoms with Crippen molar-refractivity contribution in [2.45, 2.75) is 30.2 Å². The van der Waals surface area contributed by atoms with Gasteiger partial charge in [-0.15, -0.1) is 0 Å². The molecule has 1 aromatic carbocycles. The molecule has 1 unspecified atom stereocenters. The number of ether oxygens (including phenoxy) is 1. The molecule has 3 aromatic rings. The highest BCUT2D eigenvalue weighted by atomic mass is 35.5. The zero-order chi connectivity index (χ0) is 18.8. The molecule has 1 aliphatic rings. The molecule has 0 saturated carbocycles. The highest BCUT2D eigenvalue weighted by Gasteiger charge is 2.17. The Morgan fingerprint density at radius 2 is 2.07 bits per heavy atom. The molecule has 6 nitrogen and oxygen atoms in total. The van der Waals surface area contributed by atoms with Gasteiger partial charge in [0.2, 0.25) is 0 Å². The van der Waals surface area contributed by atoms with Crippen LogP contribution in [0.2, 0.25) is 5.02 Å². The van der Waals surface area contributed by atoms with Gasteiger partial charge in [0.15, 0.2) is 5.16 Å². The van der Waals surface area contributed by atoms with Crippen LogP contribution in [-0.2, 0) is 16.6 Å². The van der Waals surface area contributed by atoms with Crippen LogP contribution in [0, 0.1) is 0 Å². The molecule has 27 heavy (non-hydrogen) atoms. The van der Waals surface area contributed by atoms with E-state index >= 15 is 0 Å². The van der Waals surface area contributed by atoms with Crippen molar-refractivity contribution in [3.63, 3.8) is 0 Å². The van der Waals surface area contributed by atoms with Crippen molar-refractivity contribution in [3.05, 3.63) is 41.2 Å². The summed E-state index contributed by atoms with van der Waals surface area (Å²) in [6.45, 7) is 2.00. The number of piperidine rings is 1. The molecule has 1 aliphatic heterocycles. The molecule has 0 amide bonds. The molecular formula is C19H21ClN4O2S. The molecule has 0 aliphatic carbocycles. The molecule has 8 heteroatoms. The van der Waals surface area contributed by atoms with E-state index in [0.29, 0.717) is 10.2 Å². The molecule has 142 valence electrons. The largest absolute Gasteiger partial charge is 0.497 e. The van der Waals surface area contributed by atoms with E-state index in [2.05, 4.69) is 19.9 Å². The van der Waals surface area contributed by atoms with Gasteiger partial charge < -0.3 is 14.6 Å². The van der Waals surface area contributed by atoms with Crippen molar-refractivity contribution in [1.82, 2.24) is 15.0 Å². The van der Waals surface area contributed by atoms with Crippen LogP contribution in [0.3, 0.4) is 0 Å². The van der Waals surface area contributed by atoms with Gasteiger partial charge in [-0.3, -0.25) is 9.19 Å². The SMILES string of the molecule is COc1ccc2nc(S(=O)Cc3cc(N4CCCCC4)c(Cl)cn3)[nH]c2c1. The van der Waals surface area contributed by atoms with Gasteiger partial charge in [-0.25, -0.2) is 4.98 Å². The summed E-state index contributed by atoms with van der Waals surface area (Å²) in [5.41, 5.74) is 3.29. The number of pyridine rings is 1. The van der Waals surface area contributed by atoms with E-state index in [-0.39, 0.29) is 5.75 Å². The summed E-state index contributed by atoms with van der Waals surface area (Å²) in [6, 6.07) is 7.48. The van der Waals surface area contributed by atoms with Crippen LogP contribution in [0.4, 0.5) is 5.69 Å². The molecule has 1 saturated heterocycles. The van der Waals surface area contributed by atoms with Gasteiger partial charge in [-0.2, -0.15) is 0 Å². The molecular weight excluding hydrogens is 384 g/mol. The lowest BCUT2D eigenvalue weighted by molar-refractivity contribution is 0.415. The van der Waals surface area contributed by atoms with E-state index < -0.39 is 10.8 Å². The van der Waals surface area contributed by atoms with Crippen molar-refractivity contribution < 1.29 is 8.95 Å². The van der Waals surface area contributed by atoms with Crippen LogP contribution in [0.1, 0.15) is 25.0 Å². The maximum atomic E-state index is 12.8. The predicted molar refractivity (Wildman–Crippen MR) is 108 cm³/mol. The van der Waals surface area contributed by atoms with E-state index in [9.17, 15) is 4.21 Å². The van der Waals surface area contributed by atoms with E-state index in [1.165, 1.54) is 19.3 Å². The van der Waals surface area contributed by atoms with Gasteiger partial charge in [0.1, 0.15) is 5.75 Å². The number of hydrogen-bond donors (Lipinski definition) is 1. The van der Waals surface area contributed by atoms with Crippen molar-refractivity contribution >= 4 is 39.1 Å². The first kappa shape index (κ1) is 18.3. The Labute approximate surface area is 165 Å². The second-order valence-electron chi connectivity index (χ2n) is 6.59.